The van der Waals surface area contributed by atoms with Crippen LogP contribution in [0.3, 0.4) is 0 Å². The van der Waals surface area contributed by atoms with Crippen molar-refractivity contribution in [3.05, 3.63) is 0 Å². The maximum Gasteiger partial charge on any atom is 0.302 e. The molecule has 4 rings (SSSR count). The number of carbonyl (C=O) groups excluding carboxylic acids is 3. The van der Waals surface area contributed by atoms with Gasteiger partial charge in [-0.3, -0.25) is 14.4 Å². The molecule has 8 unspecified atom stereocenters. The van der Waals surface area contributed by atoms with Gasteiger partial charge in [0.2, 0.25) is 0 Å². The Labute approximate surface area is 162 Å². The Hall–Kier alpha value is -1.19. The highest BCUT2D eigenvalue weighted by Crippen LogP contribution is 2.66. The molecule has 4 saturated carbocycles. The Kier molecular flexibility index (Phi) is 4.55. The molecule has 0 N–H and O–H groups in total. The molecule has 0 aromatic rings. The molecule has 4 fully saturated rings. The summed E-state index contributed by atoms with van der Waals surface area (Å²) in [7, 11) is 0. The zero-order valence-electron chi connectivity index (χ0n) is 17.3. The van der Waals surface area contributed by atoms with E-state index in [2.05, 4.69) is 13.8 Å². The summed E-state index contributed by atoms with van der Waals surface area (Å²) in [5.41, 5.74) is -0.254. The number of esters is 1. The lowest BCUT2D eigenvalue weighted by atomic mass is 9.44. The molecule has 0 bridgehead atoms. The first-order chi connectivity index (χ1) is 12.7. The van der Waals surface area contributed by atoms with E-state index in [1.54, 1.807) is 6.92 Å². The zero-order valence-corrected chi connectivity index (χ0v) is 17.3. The van der Waals surface area contributed by atoms with Crippen molar-refractivity contribution in [1.82, 2.24) is 0 Å². The molecule has 0 aromatic carbocycles. The van der Waals surface area contributed by atoms with Gasteiger partial charge in [-0.2, -0.15) is 0 Å². The van der Waals surface area contributed by atoms with Gasteiger partial charge in [0.15, 0.2) is 0 Å². The van der Waals surface area contributed by atoms with E-state index in [-0.39, 0.29) is 29.2 Å². The normalized spacial score (nSPS) is 49.0. The van der Waals surface area contributed by atoms with E-state index < -0.39 is 5.41 Å². The maximum absolute atomic E-state index is 13.4. The molecule has 4 aliphatic carbocycles. The third-order valence-corrected chi connectivity index (χ3v) is 9.30. The van der Waals surface area contributed by atoms with Crippen LogP contribution in [0, 0.1) is 40.4 Å². The molecule has 4 aliphatic rings. The Morgan fingerprint density at radius 2 is 1.74 bits per heavy atom. The summed E-state index contributed by atoms with van der Waals surface area (Å²) >= 11 is 0. The predicted octanol–water partition coefficient (Wildman–Crippen LogP) is 4.35. The number of carbonyl (C=O) groups is 3. The quantitative estimate of drug-likeness (QED) is 0.675. The molecule has 0 heterocycles. The lowest BCUT2D eigenvalue weighted by Gasteiger charge is -2.60. The van der Waals surface area contributed by atoms with Crippen LogP contribution >= 0.6 is 0 Å². The van der Waals surface area contributed by atoms with Crippen molar-refractivity contribution in [1.29, 1.82) is 0 Å². The maximum atomic E-state index is 13.4. The van der Waals surface area contributed by atoms with Crippen LogP contribution in [0.1, 0.15) is 79.1 Å². The van der Waals surface area contributed by atoms with Crippen molar-refractivity contribution in [2.75, 3.05) is 0 Å². The lowest BCUT2D eigenvalue weighted by molar-refractivity contribution is -0.167. The first-order valence-corrected chi connectivity index (χ1v) is 10.9. The summed E-state index contributed by atoms with van der Waals surface area (Å²) in [6.45, 7) is 7.66. The second-order valence-electron chi connectivity index (χ2n) is 10.3. The van der Waals surface area contributed by atoms with Gasteiger partial charge in [0.25, 0.3) is 0 Å². The Balaban J connectivity index is 1.59. The summed E-state index contributed by atoms with van der Waals surface area (Å²) in [4.78, 5) is 37.0. The molecule has 0 spiro atoms. The van der Waals surface area contributed by atoms with Crippen molar-refractivity contribution in [2.24, 2.45) is 40.4 Å². The second-order valence-corrected chi connectivity index (χ2v) is 10.3. The highest BCUT2D eigenvalue weighted by Gasteiger charge is 2.64. The predicted molar refractivity (Wildman–Crippen MR) is 102 cm³/mol. The van der Waals surface area contributed by atoms with Crippen LogP contribution in [0.25, 0.3) is 0 Å². The van der Waals surface area contributed by atoms with Gasteiger partial charge in [-0.1, -0.05) is 13.8 Å². The van der Waals surface area contributed by atoms with Gasteiger partial charge in [-0.05, 0) is 81.0 Å². The van der Waals surface area contributed by atoms with Gasteiger partial charge in [0.1, 0.15) is 17.7 Å². The molecule has 150 valence electrons. The molecule has 0 saturated heterocycles. The molecule has 0 amide bonds. The van der Waals surface area contributed by atoms with Gasteiger partial charge in [-0.15, -0.1) is 0 Å². The molecular weight excluding hydrogens is 340 g/mol. The van der Waals surface area contributed by atoms with Gasteiger partial charge < -0.3 is 4.74 Å². The fourth-order valence-corrected chi connectivity index (χ4v) is 7.92. The van der Waals surface area contributed by atoms with Crippen molar-refractivity contribution in [3.8, 4) is 0 Å². The fraction of sp³-hybridized carbons (Fsp3) is 0.870. The largest absolute Gasteiger partial charge is 0.463 e. The average molecular weight is 375 g/mol. The van der Waals surface area contributed by atoms with Gasteiger partial charge in [0, 0.05) is 24.7 Å². The minimum atomic E-state index is -0.425. The van der Waals surface area contributed by atoms with Crippen LogP contribution in [-0.2, 0) is 19.1 Å². The topological polar surface area (TPSA) is 60.4 Å². The smallest absolute Gasteiger partial charge is 0.302 e. The van der Waals surface area contributed by atoms with Gasteiger partial charge >= 0.3 is 5.97 Å². The van der Waals surface area contributed by atoms with Crippen LogP contribution < -0.4 is 0 Å². The van der Waals surface area contributed by atoms with Crippen LogP contribution in [-0.4, -0.2) is 23.6 Å². The number of ether oxygens (including phenoxy) is 1. The fourth-order valence-electron chi connectivity index (χ4n) is 7.92. The van der Waals surface area contributed by atoms with E-state index in [0.29, 0.717) is 35.9 Å². The summed E-state index contributed by atoms with van der Waals surface area (Å²) in [5, 5.41) is 0. The number of hydrogen-bond donors (Lipinski definition) is 0. The van der Waals surface area contributed by atoms with E-state index in [4.69, 9.17) is 4.74 Å². The van der Waals surface area contributed by atoms with Crippen LogP contribution in [0.5, 0.6) is 0 Å². The van der Waals surface area contributed by atoms with E-state index in [0.717, 1.165) is 38.5 Å². The van der Waals surface area contributed by atoms with E-state index in [1.807, 2.05) is 0 Å². The monoisotopic (exact) mass is 374 g/mol. The molecule has 8 atom stereocenters. The summed E-state index contributed by atoms with van der Waals surface area (Å²) in [6, 6.07) is 0. The zero-order chi connectivity index (χ0) is 19.6. The molecule has 0 radical (unpaired) electrons. The average Bonchev–Trinajstić information content (AvgIpc) is 2.95. The number of rotatable bonds is 2. The second kappa shape index (κ2) is 6.42. The van der Waals surface area contributed by atoms with Crippen molar-refractivity contribution >= 4 is 17.5 Å². The minimum absolute atomic E-state index is 0.0512. The van der Waals surface area contributed by atoms with Crippen LogP contribution in [0.4, 0.5) is 0 Å². The van der Waals surface area contributed by atoms with Gasteiger partial charge in [0.05, 0.1) is 0 Å². The molecule has 4 nitrogen and oxygen atoms in total. The van der Waals surface area contributed by atoms with Gasteiger partial charge in [-0.25, -0.2) is 0 Å². The molecule has 4 heteroatoms. The molecular formula is C23H34O4. The lowest BCUT2D eigenvalue weighted by Crippen LogP contribution is -2.57. The summed E-state index contributed by atoms with van der Waals surface area (Å²) < 4.78 is 5.52. The van der Waals surface area contributed by atoms with Crippen molar-refractivity contribution in [3.63, 3.8) is 0 Å². The standard InChI is InChI=1S/C23H34O4/c1-13(24)18-7-8-19-17-6-5-15-11-16(27-14(2)25)9-10-22(15,3)20(17)12-21(26)23(18,19)4/h15-20H,5-12H2,1-4H3. The molecule has 27 heavy (non-hydrogen) atoms. The third kappa shape index (κ3) is 2.73. The van der Waals surface area contributed by atoms with E-state index in [1.165, 1.54) is 13.3 Å². The first kappa shape index (κ1) is 19.1. The molecule has 0 aromatic heterocycles. The van der Waals surface area contributed by atoms with Crippen molar-refractivity contribution < 1.29 is 19.1 Å². The Morgan fingerprint density at radius 3 is 2.41 bits per heavy atom. The number of hydrogen-bond acceptors (Lipinski definition) is 4. The highest BCUT2D eigenvalue weighted by atomic mass is 16.5. The van der Waals surface area contributed by atoms with Crippen molar-refractivity contribution in [2.45, 2.75) is 85.2 Å². The highest BCUT2D eigenvalue weighted by molar-refractivity contribution is 5.93. The third-order valence-electron chi connectivity index (χ3n) is 9.30. The van der Waals surface area contributed by atoms with Crippen LogP contribution in [0.2, 0.25) is 0 Å². The minimum Gasteiger partial charge on any atom is -0.463 e. The Morgan fingerprint density at radius 1 is 1.00 bits per heavy atom. The summed E-state index contributed by atoms with van der Waals surface area (Å²) in [5.74, 6) is 2.22. The summed E-state index contributed by atoms with van der Waals surface area (Å²) in [6.07, 6.45) is 7.86. The molecule has 0 aliphatic heterocycles. The number of Topliss-reactive ketones (excluding diaryl/α,β-unsaturated/α-hetero) is 2. The van der Waals surface area contributed by atoms with E-state index in [9.17, 15) is 14.4 Å². The SMILES string of the molecule is CC(=O)OC1CCC2(C)C(CCC3C2CC(=O)C2(C)C(C(C)=O)CCC32)C1. The Bertz CT molecular complexity index is 669. The van der Waals surface area contributed by atoms with E-state index >= 15 is 0 Å². The first-order valence-electron chi connectivity index (χ1n) is 10.9. The number of ketones is 2. The number of fused-ring (bicyclic) bond motifs is 5. The van der Waals surface area contributed by atoms with Crippen LogP contribution in [0.15, 0.2) is 0 Å².